The van der Waals surface area contributed by atoms with Crippen LogP contribution in [0.5, 0.6) is 0 Å². The van der Waals surface area contributed by atoms with Crippen LogP contribution >= 0.6 is 0 Å². The summed E-state index contributed by atoms with van der Waals surface area (Å²) in [6, 6.07) is 4.60. The Morgan fingerprint density at radius 2 is 2.06 bits per heavy atom. The maximum absolute atomic E-state index is 11.1. The maximum Gasteiger partial charge on any atom is 0.296 e. The van der Waals surface area contributed by atoms with Gasteiger partial charge in [-0.15, -0.1) is 0 Å². The third-order valence-electron chi connectivity index (χ3n) is 2.39. The summed E-state index contributed by atoms with van der Waals surface area (Å²) in [6.07, 6.45) is 3.41. The van der Waals surface area contributed by atoms with Crippen molar-refractivity contribution < 1.29 is 17.8 Å². The molecule has 1 aromatic carbocycles. The zero-order chi connectivity index (χ0) is 11.8. The summed E-state index contributed by atoms with van der Waals surface area (Å²) in [5, 5.41) is 0. The Hall–Kier alpha value is -1.75. The van der Waals surface area contributed by atoms with Gasteiger partial charge in [-0.3, -0.25) is 4.55 Å². The minimum Gasteiger partial charge on any atom is -0.361 e. The molecule has 1 aliphatic rings. The standard InChI is InChI=1S/C10H8N2O3S/c11-12-8-5-4-7-2-1-3-10(9(7)6-8)16(13,14)15/h1-5H,6H2,(H,13,14,15). The van der Waals surface area contributed by atoms with Crippen molar-refractivity contribution in [1.29, 1.82) is 0 Å². The van der Waals surface area contributed by atoms with Crippen LogP contribution in [0.1, 0.15) is 11.1 Å². The molecule has 1 N–H and O–H groups in total. The van der Waals surface area contributed by atoms with Crippen molar-refractivity contribution in [2.24, 2.45) is 0 Å². The predicted molar refractivity (Wildman–Crippen MR) is 57.6 cm³/mol. The fraction of sp³-hybridized carbons (Fsp3) is 0.100. The van der Waals surface area contributed by atoms with E-state index in [9.17, 15) is 8.42 Å². The molecule has 0 unspecified atom stereocenters. The van der Waals surface area contributed by atoms with Gasteiger partial charge in [0.2, 0.25) is 0 Å². The zero-order valence-corrected chi connectivity index (χ0v) is 8.98. The van der Waals surface area contributed by atoms with Gasteiger partial charge in [-0.25, -0.2) is 0 Å². The van der Waals surface area contributed by atoms with E-state index in [1.54, 1.807) is 24.3 Å². The lowest BCUT2D eigenvalue weighted by atomic mass is 9.96. The Balaban J connectivity index is 2.71. The molecule has 1 aromatic rings. The molecule has 0 radical (unpaired) electrons. The van der Waals surface area contributed by atoms with Crippen LogP contribution in [0.2, 0.25) is 0 Å². The molecule has 0 atom stereocenters. The second-order valence-electron chi connectivity index (χ2n) is 3.40. The van der Waals surface area contributed by atoms with Gasteiger partial charge < -0.3 is 5.53 Å². The molecule has 0 fully saturated rings. The average molecular weight is 236 g/mol. The number of nitrogens with zero attached hydrogens (tertiary/aromatic N) is 2. The van der Waals surface area contributed by atoms with Gasteiger partial charge in [0.1, 0.15) is 0 Å². The summed E-state index contributed by atoms with van der Waals surface area (Å²) >= 11 is 0. The van der Waals surface area contributed by atoms with Gasteiger partial charge in [0, 0.05) is 6.08 Å². The summed E-state index contributed by atoms with van der Waals surface area (Å²) in [4.78, 5) is 2.88. The highest BCUT2D eigenvalue weighted by Crippen LogP contribution is 2.24. The number of benzene rings is 1. The first-order valence-corrected chi connectivity index (χ1v) is 5.95. The van der Waals surface area contributed by atoms with Crippen molar-refractivity contribution >= 4 is 21.9 Å². The van der Waals surface area contributed by atoms with Gasteiger partial charge in [0.05, 0.1) is 11.3 Å². The molecule has 16 heavy (non-hydrogen) atoms. The van der Waals surface area contributed by atoms with E-state index in [0.29, 0.717) is 16.8 Å². The molecule has 5 nitrogen and oxygen atoms in total. The Kier molecular flexibility index (Phi) is 2.47. The topological polar surface area (TPSA) is 90.8 Å². The third-order valence-corrected chi connectivity index (χ3v) is 3.33. The van der Waals surface area contributed by atoms with Gasteiger partial charge in [0.15, 0.2) is 0 Å². The molecular formula is C10H8N2O3S. The highest BCUT2D eigenvalue weighted by atomic mass is 32.2. The lowest BCUT2D eigenvalue weighted by molar-refractivity contribution is -0.00557. The molecule has 0 aliphatic heterocycles. The molecule has 2 rings (SSSR count). The first-order valence-electron chi connectivity index (χ1n) is 4.51. The van der Waals surface area contributed by atoms with Gasteiger partial charge in [-0.05, 0) is 23.3 Å². The second kappa shape index (κ2) is 3.68. The predicted octanol–water partition coefficient (Wildman–Crippen LogP) is 1.17. The van der Waals surface area contributed by atoms with Crippen LogP contribution in [-0.4, -0.2) is 23.5 Å². The Bertz CT molecular complexity index is 625. The molecule has 0 bridgehead atoms. The summed E-state index contributed by atoms with van der Waals surface area (Å²) in [7, 11) is -4.25. The van der Waals surface area contributed by atoms with Crippen molar-refractivity contribution in [2.45, 2.75) is 11.3 Å². The minimum absolute atomic E-state index is 0.143. The molecule has 0 aromatic heterocycles. The molecule has 1 aliphatic carbocycles. The van der Waals surface area contributed by atoms with E-state index in [0.717, 1.165) is 0 Å². The molecule has 0 heterocycles. The van der Waals surface area contributed by atoms with E-state index >= 15 is 0 Å². The molecule has 6 heteroatoms. The van der Waals surface area contributed by atoms with E-state index in [2.05, 4.69) is 4.79 Å². The lowest BCUT2D eigenvalue weighted by Gasteiger charge is -2.10. The highest BCUT2D eigenvalue weighted by Gasteiger charge is 2.23. The van der Waals surface area contributed by atoms with E-state index < -0.39 is 10.1 Å². The first-order chi connectivity index (χ1) is 7.52. The average Bonchev–Trinajstić information content (AvgIpc) is 2.26. The van der Waals surface area contributed by atoms with Crippen LogP contribution in [0.15, 0.2) is 29.2 Å². The van der Waals surface area contributed by atoms with E-state index in [4.69, 9.17) is 10.1 Å². The van der Waals surface area contributed by atoms with Gasteiger partial charge in [-0.1, -0.05) is 12.1 Å². The third kappa shape index (κ3) is 1.81. The highest BCUT2D eigenvalue weighted by molar-refractivity contribution is 7.85. The fourth-order valence-corrected chi connectivity index (χ4v) is 2.42. The van der Waals surface area contributed by atoms with Crippen LogP contribution in [0, 0.1) is 0 Å². The van der Waals surface area contributed by atoms with E-state index in [-0.39, 0.29) is 11.3 Å². The summed E-state index contributed by atoms with van der Waals surface area (Å²) in [5.41, 5.74) is 10.1. The molecule has 0 saturated carbocycles. The van der Waals surface area contributed by atoms with Crippen LogP contribution < -0.4 is 0 Å². The molecular weight excluding hydrogens is 228 g/mol. The minimum atomic E-state index is -4.25. The van der Waals surface area contributed by atoms with Gasteiger partial charge in [-0.2, -0.15) is 13.2 Å². The van der Waals surface area contributed by atoms with Crippen molar-refractivity contribution in [2.75, 3.05) is 0 Å². The quantitative estimate of drug-likeness (QED) is 0.451. The Morgan fingerprint density at radius 3 is 2.69 bits per heavy atom. The molecule has 0 spiro atoms. The maximum atomic E-state index is 11.1. The molecule has 82 valence electrons. The summed E-state index contributed by atoms with van der Waals surface area (Å²) in [5.74, 6) is 0. The van der Waals surface area contributed by atoms with Gasteiger partial charge >= 0.3 is 0 Å². The lowest BCUT2D eigenvalue weighted by Crippen LogP contribution is -2.12. The molecule has 0 saturated heterocycles. The van der Waals surface area contributed by atoms with Crippen molar-refractivity contribution in [3.63, 3.8) is 0 Å². The Morgan fingerprint density at radius 1 is 1.31 bits per heavy atom. The van der Waals surface area contributed by atoms with Crippen LogP contribution in [0.4, 0.5) is 0 Å². The van der Waals surface area contributed by atoms with Crippen molar-refractivity contribution in [3.05, 3.63) is 40.9 Å². The summed E-state index contributed by atoms with van der Waals surface area (Å²) in [6.45, 7) is 0. The fourth-order valence-electron chi connectivity index (χ4n) is 1.66. The second-order valence-corrected chi connectivity index (χ2v) is 4.79. The zero-order valence-electron chi connectivity index (χ0n) is 8.16. The number of rotatable bonds is 1. The van der Waals surface area contributed by atoms with Gasteiger partial charge in [0.25, 0.3) is 15.8 Å². The van der Waals surface area contributed by atoms with Crippen LogP contribution in [0.25, 0.3) is 11.6 Å². The Labute approximate surface area is 92.4 Å². The van der Waals surface area contributed by atoms with Crippen molar-refractivity contribution in [1.82, 2.24) is 0 Å². The normalized spacial score (nSPS) is 14.4. The monoisotopic (exact) mass is 236 g/mol. The number of hydrogen-bond donors (Lipinski definition) is 1. The number of hydrogen-bond acceptors (Lipinski definition) is 2. The number of allylic oxidation sites excluding steroid dienone is 1. The van der Waals surface area contributed by atoms with Crippen molar-refractivity contribution in [3.8, 4) is 0 Å². The number of fused-ring (bicyclic) bond motifs is 1. The first kappa shape index (κ1) is 10.8. The van der Waals surface area contributed by atoms with Crippen LogP contribution in [-0.2, 0) is 16.5 Å². The van der Waals surface area contributed by atoms with Crippen LogP contribution in [0.3, 0.4) is 0 Å². The summed E-state index contributed by atoms with van der Waals surface area (Å²) < 4.78 is 31.3. The SMILES string of the molecule is [N-]=[N+]=C1C=Cc2cccc(S(=O)(=O)O)c2C1. The van der Waals surface area contributed by atoms with E-state index in [1.165, 1.54) is 6.07 Å². The van der Waals surface area contributed by atoms with E-state index in [1.807, 2.05) is 0 Å². The largest absolute Gasteiger partial charge is 0.361 e. The smallest absolute Gasteiger partial charge is 0.296 e. The molecule has 0 amide bonds.